The summed E-state index contributed by atoms with van der Waals surface area (Å²) in [5.74, 6) is -0.345. The summed E-state index contributed by atoms with van der Waals surface area (Å²) < 4.78 is 19.0. The van der Waals surface area contributed by atoms with Gasteiger partial charge in [-0.2, -0.15) is 0 Å². The molecule has 0 aliphatic heterocycles. The lowest BCUT2D eigenvalue weighted by atomic mass is 10.1. The summed E-state index contributed by atoms with van der Waals surface area (Å²) in [4.78, 5) is 11.8. The molecule has 0 unspecified atom stereocenters. The van der Waals surface area contributed by atoms with Crippen molar-refractivity contribution >= 4 is 17.3 Å². The molecule has 0 aliphatic rings. The highest BCUT2D eigenvalue weighted by Crippen LogP contribution is 2.20. The third kappa shape index (κ3) is 3.95. The fourth-order valence-corrected chi connectivity index (χ4v) is 1.83. The molecule has 0 heterocycles. The maximum Gasteiger partial charge on any atom is 0.262 e. The first kappa shape index (κ1) is 14.8. The average molecular weight is 288 g/mol. The van der Waals surface area contributed by atoms with Gasteiger partial charge in [0.25, 0.3) is 5.91 Å². The number of nitrogens with one attached hydrogen (secondary N) is 1. The Balaban J connectivity index is 1.99. The van der Waals surface area contributed by atoms with Gasteiger partial charge in [0.05, 0.1) is 5.69 Å². The zero-order valence-corrected chi connectivity index (χ0v) is 11.9. The lowest BCUT2D eigenvalue weighted by molar-refractivity contribution is -0.118. The van der Waals surface area contributed by atoms with E-state index in [2.05, 4.69) is 5.32 Å². The summed E-state index contributed by atoms with van der Waals surface area (Å²) in [5.41, 5.74) is 7.95. The molecular formula is C16H17FN2O2. The number of ether oxygens (including phenoxy) is 1. The van der Waals surface area contributed by atoms with Crippen LogP contribution in [0.25, 0.3) is 0 Å². The highest BCUT2D eigenvalue weighted by molar-refractivity contribution is 5.92. The van der Waals surface area contributed by atoms with Crippen LogP contribution in [-0.2, 0) is 4.79 Å². The molecule has 0 saturated carbocycles. The molecular weight excluding hydrogens is 271 g/mol. The number of amides is 1. The fraction of sp³-hybridized carbons (Fsp3) is 0.188. The van der Waals surface area contributed by atoms with Gasteiger partial charge in [0.2, 0.25) is 0 Å². The predicted octanol–water partition coefficient (Wildman–Crippen LogP) is 3.04. The van der Waals surface area contributed by atoms with Crippen molar-refractivity contribution in [3.63, 3.8) is 0 Å². The van der Waals surface area contributed by atoms with Gasteiger partial charge in [0.1, 0.15) is 11.6 Å². The summed E-state index contributed by atoms with van der Waals surface area (Å²) in [6.45, 7) is 3.64. The van der Waals surface area contributed by atoms with E-state index in [1.807, 2.05) is 32.0 Å². The summed E-state index contributed by atoms with van der Waals surface area (Å²) >= 11 is 0. The first-order chi connectivity index (χ1) is 9.95. The molecule has 5 heteroatoms. The van der Waals surface area contributed by atoms with Crippen molar-refractivity contribution < 1.29 is 13.9 Å². The Kier molecular flexibility index (Phi) is 4.42. The summed E-state index contributed by atoms with van der Waals surface area (Å²) in [6.07, 6.45) is 0. The van der Waals surface area contributed by atoms with Gasteiger partial charge in [0, 0.05) is 5.69 Å². The van der Waals surface area contributed by atoms with Crippen molar-refractivity contribution in [1.29, 1.82) is 0 Å². The van der Waals surface area contributed by atoms with Gasteiger partial charge in [0.15, 0.2) is 6.61 Å². The Morgan fingerprint density at radius 3 is 2.76 bits per heavy atom. The minimum Gasteiger partial charge on any atom is -0.483 e. The molecule has 0 bridgehead atoms. The lowest BCUT2D eigenvalue weighted by Crippen LogP contribution is -2.21. The van der Waals surface area contributed by atoms with E-state index >= 15 is 0 Å². The molecule has 0 aliphatic carbocycles. The monoisotopic (exact) mass is 288 g/mol. The molecule has 0 fully saturated rings. The summed E-state index contributed by atoms with van der Waals surface area (Å²) in [7, 11) is 0. The first-order valence-electron chi connectivity index (χ1n) is 6.50. The van der Waals surface area contributed by atoms with Crippen LogP contribution in [0.3, 0.4) is 0 Å². The Morgan fingerprint density at radius 2 is 2.00 bits per heavy atom. The minimum absolute atomic E-state index is 0.0459. The Bertz CT molecular complexity index is 671. The number of carbonyl (C=O) groups excluding carboxylic acids is 1. The number of hydrogen-bond donors (Lipinski definition) is 2. The topological polar surface area (TPSA) is 64.3 Å². The number of benzene rings is 2. The zero-order chi connectivity index (χ0) is 15.4. The maximum absolute atomic E-state index is 13.5. The van der Waals surface area contributed by atoms with Gasteiger partial charge in [-0.15, -0.1) is 0 Å². The molecule has 110 valence electrons. The number of rotatable bonds is 4. The number of nitrogens with two attached hydrogens (primary N) is 1. The Morgan fingerprint density at radius 1 is 1.24 bits per heavy atom. The fourth-order valence-electron chi connectivity index (χ4n) is 1.83. The van der Waals surface area contributed by atoms with E-state index in [4.69, 9.17) is 10.5 Å². The van der Waals surface area contributed by atoms with E-state index in [0.29, 0.717) is 11.4 Å². The summed E-state index contributed by atoms with van der Waals surface area (Å²) in [5, 5.41) is 2.44. The predicted molar refractivity (Wildman–Crippen MR) is 80.9 cm³/mol. The number of carbonyl (C=O) groups is 1. The smallest absolute Gasteiger partial charge is 0.262 e. The third-order valence-electron chi connectivity index (χ3n) is 2.97. The number of hydrogen-bond acceptors (Lipinski definition) is 3. The quantitative estimate of drug-likeness (QED) is 0.850. The van der Waals surface area contributed by atoms with Gasteiger partial charge < -0.3 is 15.8 Å². The van der Waals surface area contributed by atoms with Crippen molar-refractivity contribution in [2.75, 3.05) is 17.7 Å². The highest BCUT2D eigenvalue weighted by Gasteiger charge is 2.09. The second-order valence-corrected chi connectivity index (χ2v) is 4.85. The van der Waals surface area contributed by atoms with Crippen LogP contribution in [0, 0.1) is 19.7 Å². The molecule has 1 amide bonds. The largest absolute Gasteiger partial charge is 0.483 e. The van der Waals surface area contributed by atoms with Gasteiger partial charge >= 0.3 is 0 Å². The zero-order valence-electron chi connectivity index (χ0n) is 11.9. The standard InChI is InChI=1S/C16H17FN2O2/c1-10-3-4-11(2)15(7-10)21-9-16(20)19-14-8-12(18)5-6-13(14)17/h3-8H,9,18H2,1-2H3,(H,19,20). The second-order valence-electron chi connectivity index (χ2n) is 4.85. The van der Waals surface area contributed by atoms with E-state index < -0.39 is 11.7 Å². The second kappa shape index (κ2) is 6.26. The van der Waals surface area contributed by atoms with Crippen molar-refractivity contribution in [2.24, 2.45) is 0 Å². The van der Waals surface area contributed by atoms with Crippen LogP contribution in [-0.4, -0.2) is 12.5 Å². The summed E-state index contributed by atoms with van der Waals surface area (Å²) in [6, 6.07) is 9.73. The van der Waals surface area contributed by atoms with Gasteiger partial charge in [-0.25, -0.2) is 4.39 Å². The Labute approximate surface area is 122 Å². The van der Waals surface area contributed by atoms with Crippen LogP contribution in [0.4, 0.5) is 15.8 Å². The SMILES string of the molecule is Cc1ccc(C)c(OCC(=O)Nc2cc(N)ccc2F)c1. The first-order valence-corrected chi connectivity index (χ1v) is 6.50. The molecule has 0 atom stereocenters. The third-order valence-corrected chi connectivity index (χ3v) is 2.97. The van der Waals surface area contributed by atoms with E-state index in [1.165, 1.54) is 18.2 Å². The number of aryl methyl sites for hydroxylation is 2. The molecule has 0 spiro atoms. The molecule has 2 rings (SSSR count). The molecule has 2 aromatic rings. The van der Waals surface area contributed by atoms with Crippen molar-refractivity contribution in [3.05, 3.63) is 53.3 Å². The van der Waals surface area contributed by atoms with Crippen LogP contribution in [0.15, 0.2) is 36.4 Å². The van der Waals surface area contributed by atoms with Gasteiger partial charge in [-0.05, 0) is 49.2 Å². The van der Waals surface area contributed by atoms with Gasteiger partial charge in [-0.3, -0.25) is 4.79 Å². The van der Waals surface area contributed by atoms with Crippen molar-refractivity contribution in [2.45, 2.75) is 13.8 Å². The minimum atomic E-state index is -0.538. The van der Waals surface area contributed by atoms with E-state index in [0.717, 1.165) is 11.1 Å². The molecule has 0 radical (unpaired) electrons. The Hall–Kier alpha value is -2.56. The lowest BCUT2D eigenvalue weighted by Gasteiger charge is -2.11. The van der Waals surface area contributed by atoms with E-state index in [1.54, 1.807) is 0 Å². The molecule has 3 N–H and O–H groups in total. The van der Waals surface area contributed by atoms with E-state index in [9.17, 15) is 9.18 Å². The maximum atomic E-state index is 13.5. The van der Waals surface area contributed by atoms with E-state index in [-0.39, 0.29) is 12.3 Å². The number of nitrogen functional groups attached to an aromatic ring is 1. The molecule has 21 heavy (non-hydrogen) atoms. The average Bonchev–Trinajstić information content (AvgIpc) is 2.44. The normalized spacial score (nSPS) is 10.2. The van der Waals surface area contributed by atoms with Crippen LogP contribution in [0.1, 0.15) is 11.1 Å². The molecule has 2 aromatic carbocycles. The molecule has 4 nitrogen and oxygen atoms in total. The van der Waals surface area contributed by atoms with Gasteiger partial charge in [-0.1, -0.05) is 12.1 Å². The van der Waals surface area contributed by atoms with Crippen LogP contribution < -0.4 is 15.8 Å². The van der Waals surface area contributed by atoms with Crippen molar-refractivity contribution in [1.82, 2.24) is 0 Å². The molecule has 0 aromatic heterocycles. The van der Waals surface area contributed by atoms with Crippen LogP contribution >= 0.6 is 0 Å². The highest BCUT2D eigenvalue weighted by atomic mass is 19.1. The van der Waals surface area contributed by atoms with Crippen LogP contribution in [0.5, 0.6) is 5.75 Å². The van der Waals surface area contributed by atoms with Crippen molar-refractivity contribution in [3.8, 4) is 5.75 Å². The number of halogens is 1. The number of anilines is 2. The molecule has 0 saturated heterocycles. The van der Waals surface area contributed by atoms with Crippen LogP contribution in [0.2, 0.25) is 0 Å².